The van der Waals surface area contributed by atoms with Gasteiger partial charge < -0.3 is 9.64 Å². The molecule has 0 atom stereocenters. The van der Waals surface area contributed by atoms with Crippen LogP contribution in [0.4, 0.5) is 0 Å². The van der Waals surface area contributed by atoms with Gasteiger partial charge in [-0.15, -0.1) is 0 Å². The summed E-state index contributed by atoms with van der Waals surface area (Å²) in [6.45, 7) is 14.1. The molecule has 1 saturated heterocycles. The minimum atomic E-state index is 0.210. The Bertz CT molecular complexity index is 157. The number of likely N-dealkylation sites (tertiary alicyclic amines) is 1. The molecule has 0 aromatic heterocycles. The first-order chi connectivity index (χ1) is 7.45. The summed E-state index contributed by atoms with van der Waals surface area (Å²) >= 11 is 0. The summed E-state index contributed by atoms with van der Waals surface area (Å²) < 4.78 is 5.84. The lowest BCUT2D eigenvalue weighted by Gasteiger charge is -2.39. The van der Waals surface area contributed by atoms with Gasteiger partial charge in [0.05, 0.1) is 5.60 Å². The van der Waals surface area contributed by atoms with Gasteiger partial charge in [-0.1, -0.05) is 27.7 Å². The van der Waals surface area contributed by atoms with Crippen molar-refractivity contribution in [3.8, 4) is 0 Å². The van der Waals surface area contributed by atoms with Crippen LogP contribution in [0.1, 0.15) is 53.9 Å². The number of ether oxygens (including phenoxy) is 1. The fourth-order valence-electron chi connectivity index (χ4n) is 1.93. The van der Waals surface area contributed by atoms with E-state index < -0.39 is 0 Å². The first-order valence-corrected chi connectivity index (χ1v) is 6.78. The van der Waals surface area contributed by atoms with E-state index in [2.05, 4.69) is 46.6 Å². The number of rotatable bonds is 3. The van der Waals surface area contributed by atoms with Crippen molar-refractivity contribution in [3.63, 3.8) is 0 Å². The molecule has 1 aliphatic heterocycles. The van der Waals surface area contributed by atoms with E-state index in [0.717, 1.165) is 18.9 Å². The zero-order valence-electron chi connectivity index (χ0n) is 12.2. The summed E-state index contributed by atoms with van der Waals surface area (Å²) in [7, 11) is 2.19. The van der Waals surface area contributed by atoms with Crippen molar-refractivity contribution in [1.29, 1.82) is 0 Å². The molecule has 0 spiro atoms. The Morgan fingerprint density at radius 1 is 1.12 bits per heavy atom. The van der Waals surface area contributed by atoms with Crippen molar-refractivity contribution in [2.45, 2.75) is 59.5 Å². The minimum absolute atomic E-state index is 0.210. The van der Waals surface area contributed by atoms with Crippen LogP contribution in [0.5, 0.6) is 0 Å². The standard InChI is InChI=1S/C10H21NO.C4H10/c1-4-10(12-5-2)6-8-11(3)9-7-10;1-4(2)3/h4-9H2,1-3H3;4H,1-3H3. The van der Waals surface area contributed by atoms with Crippen LogP contribution < -0.4 is 0 Å². The molecule has 1 heterocycles. The van der Waals surface area contributed by atoms with E-state index in [1.165, 1.54) is 25.9 Å². The SMILES string of the molecule is CC(C)C.CCOC1(CC)CCN(C)CC1. The molecule has 2 heteroatoms. The molecule has 0 N–H and O–H groups in total. The van der Waals surface area contributed by atoms with Crippen LogP contribution in [0, 0.1) is 5.92 Å². The van der Waals surface area contributed by atoms with Crippen molar-refractivity contribution in [3.05, 3.63) is 0 Å². The van der Waals surface area contributed by atoms with Gasteiger partial charge in [-0.3, -0.25) is 0 Å². The highest BCUT2D eigenvalue weighted by atomic mass is 16.5. The Morgan fingerprint density at radius 2 is 1.56 bits per heavy atom. The van der Waals surface area contributed by atoms with Gasteiger partial charge >= 0.3 is 0 Å². The molecule has 1 rings (SSSR count). The average molecular weight is 229 g/mol. The van der Waals surface area contributed by atoms with Crippen LogP contribution >= 0.6 is 0 Å². The van der Waals surface area contributed by atoms with Gasteiger partial charge in [-0.2, -0.15) is 0 Å². The summed E-state index contributed by atoms with van der Waals surface area (Å²) in [5.41, 5.74) is 0.210. The first-order valence-electron chi connectivity index (χ1n) is 6.78. The van der Waals surface area contributed by atoms with E-state index in [-0.39, 0.29) is 5.60 Å². The molecular formula is C14H31NO. The van der Waals surface area contributed by atoms with Crippen molar-refractivity contribution < 1.29 is 4.74 Å². The summed E-state index contributed by atoms with van der Waals surface area (Å²) in [6, 6.07) is 0. The summed E-state index contributed by atoms with van der Waals surface area (Å²) in [5, 5.41) is 0. The van der Waals surface area contributed by atoms with E-state index in [1.807, 2.05) is 0 Å². The third-order valence-electron chi connectivity index (χ3n) is 2.99. The number of piperidine rings is 1. The van der Waals surface area contributed by atoms with Crippen LogP contribution in [0.25, 0.3) is 0 Å². The van der Waals surface area contributed by atoms with E-state index in [9.17, 15) is 0 Å². The summed E-state index contributed by atoms with van der Waals surface area (Å²) in [6.07, 6.45) is 3.57. The molecule has 0 saturated carbocycles. The lowest BCUT2D eigenvalue weighted by Crippen LogP contribution is -2.44. The maximum Gasteiger partial charge on any atom is 0.0704 e. The molecule has 0 bridgehead atoms. The second kappa shape index (κ2) is 8.08. The molecule has 0 amide bonds. The molecule has 0 aromatic carbocycles. The van der Waals surface area contributed by atoms with Gasteiger partial charge in [0.2, 0.25) is 0 Å². The van der Waals surface area contributed by atoms with Crippen molar-refractivity contribution in [2.75, 3.05) is 26.7 Å². The number of hydrogen-bond acceptors (Lipinski definition) is 2. The lowest BCUT2D eigenvalue weighted by molar-refractivity contribution is -0.0782. The third kappa shape index (κ3) is 6.49. The van der Waals surface area contributed by atoms with E-state index in [0.29, 0.717) is 0 Å². The van der Waals surface area contributed by atoms with Gasteiger partial charge in [-0.25, -0.2) is 0 Å². The predicted octanol–water partition coefficient (Wildman–Crippen LogP) is 3.56. The number of hydrogen-bond donors (Lipinski definition) is 0. The zero-order valence-corrected chi connectivity index (χ0v) is 12.2. The van der Waals surface area contributed by atoms with Crippen molar-refractivity contribution in [2.24, 2.45) is 5.92 Å². The highest BCUT2D eigenvalue weighted by Crippen LogP contribution is 2.28. The molecule has 1 aliphatic rings. The molecule has 0 radical (unpaired) electrons. The Labute approximate surface area is 102 Å². The van der Waals surface area contributed by atoms with Crippen molar-refractivity contribution >= 4 is 0 Å². The van der Waals surface area contributed by atoms with Gasteiger partial charge in [0.15, 0.2) is 0 Å². The zero-order chi connectivity index (χ0) is 12.6. The average Bonchev–Trinajstić information content (AvgIpc) is 2.21. The van der Waals surface area contributed by atoms with Crippen LogP contribution in [0.15, 0.2) is 0 Å². The monoisotopic (exact) mass is 229 g/mol. The van der Waals surface area contributed by atoms with Crippen LogP contribution in [0.3, 0.4) is 0 Å². The first kappa shape index (κ1) is 15.9. The van der Waals surface area contributed by atoms with Gasteiger partial charge in [0.1, 0.15) is 0 Å². The summed E-state index contributed by atoms with van der Waals surface area (Å²) in [5.74, 6) is 0.833. The fraction of sp³-hybridized carbons (Fsp3) is 1.00. The largest absolute Gasteiger partial charge is 0.375 e. The maximum atomic E-state index is 5.84. The van der Waals surface area contributed by atoms with Gasteiger partial charge in [-0.05, 0) is 39.2 Å². The fourth-order valence-corrected chi connectivity index (χ4v) is 1.93. The quantitative estimate of drug-likeness (QED) is 0.733. The van der Waals surface area contributed by atoms with E-state index in [1.54, 1.807) is 0 Å². The third-order valence-corrected chi connectivity index (χ3v) is 2.99. The van der Waals surface area contributed by atoms with E-state index in [4.69, 9.17) is 4.74 Å². The van der Waals surface area contributed by atoms with Gasteiger partial charge in [0.25, 0.3) is 0 Å². The van der Waals surface area contributed by atoms with E-state index >= 15 is 0 Å². The van der Waals surface area contributed by atoms with Crippen LogP contribution in [-0.4, -0.2) is 37.2 Å². The van der Waals surface area contributed by atoms with Crippen LogP contribution in [-0.2, 0) is 4.74 Å². The Morgan fingerprint density at radius 3 is 1.88 bits per heavy atom. The second-order valence-corrected chi connectivity index (χ2v) is 5.50. The highest BCUT2D eigenvalue weighted by molar-refractivity contribution is 4.85. The molecule has 1 fully saturated rings. The maximum absolute atomic E-state index is 5.84. The molecule has 0 aromatic rings. The predicted molar refractivity (Wildman–Crippen MR) is 71.9 cm³/mol. The molecule has 98 valence electrons. The molecule has 0 aliphatic carbocycles. The Kier molecular flexibility index (Phi) is 8.04. The lowest BCUT2D eigenvalue weighted by atomic mass is 9.89. The highest BCUT2D eigenvalue weighted by Gasteiger charge is 2.31. The number of nitrogens with zero attached hydrogens (tertiary/aromatic N) is 1. The molecular weight excluding hydrogens is 198 g/mol. The molecule has 0 unspecified atom stereocenters. The molecule has 2 nitrogen and oxygen atoms in total. The van der Waals surface area contributed by atoms with Crippen molar-refractivity contribution in [1.82, 2.24) is 4.90 Å². The normalized spacial score (nSPS) is 20.4. The van der Waals surface area contributed by atoms with Crippen LogP contribution in [0.2, 0.25) is 0 Å². The minimum Gasteiger partial charge on any atom is -0.375 e. The van der Waals surface area contributed by atoms with Gasteiger partial charge in [0, 0.05) is 19.7 Å². The second-order valence-electron chi connectivity index (χ2n) is 5.50. The summed E-state index contributed by atoms with van der Waals surface area (Å²) in [4.78, 5) is 2.38. The Balaban J connectivity index is 0.000000487. The Hall–Kier alpha value is -0.0800. The topological polar surface area (TPSA) is 12.5 Å². The molecule has 16 heavy (non-hydrogen) atoms. The smallest absolute Gasteiger partial charge is 0.0704 e.